The third-order valence-electron chi connectivity index (χ3n) is 7.14. The van der Waals surface area contributed by atoms with Crippen molar-refractivity contribution in [2.24, 2.45) is 24.3 Å². The lowest BCUT2D eigenvalue weighted by atomic mass is 9.47. The Balaban J connectivity index is 1.45. The van der Waals surface area contributed by atoms with E-state index in [1.807, 2.05) is 0 Å². The monoisotopic (exact) mass is 344 g/mol. The molecule has 0 aromatic carbocycles. The van der Waals surface area contributed by atoms with Crippen molar-refractivity contribution in [1.82, 2.24) is 14.9 Å². The summed E-state index contributed by atoms with van der Waals surface area (Å²) >= 11 is 0. The quantitative estimate of drug-likeness (QED) is 0.915. The van der Waals surface area contributed by atoms with Crippen LogP contribution in [0.1, 0.15) is 52.4 Å². The van der Waals surface area contributed by atoms with Crippen LogP contribution in [0.5, 0.6) is 0 Å². The van der Waals surface area contributed by atoms with Crippen molar-refractivity contribution < 1.29 is 0 Å². The van der Waals surface area contributed by atoms with Crippen LogP contribution in [0.4, 0.5) is 5.82 Å². The maximum absolute atomic E-state index is 12.4. The molecule has 138 valence electrons. The van der Waals surface area contributed by atoms with E-state index < -0.39 is 0 Å². The SMILES string of the molecule is Cn1ccnc(N2CCCC(NC3[C@@H]4CCCC[C@@H]4C3(C)C)C2)c1=O. The molecule has 0 bridgehead atoms. The molecule has 1 saturated heterocycles. The van der Waals surface area contributed by atoms with Gasteiger partial charge in [0.2, 0.25) is 0 Å². The van der Waals surface area contributed by atoms with Gasteiger partial charge in [0.15, 0.2) is 5.82 Å². The Morgan fingerprint density at radius 1 is 1.20 bits per heavy atom. The Bertz CT molecular complexity index is 683. The molecule has 3 aliphatic rings. The Morgan fingerprint density at radius 2 is 2.00 bits per heavy atom. The average molecular weight is 345 g/mol. The molecule has 25 heavy (non-hydrogen) atoms. The van der Waals surface area contributed by atoms with E-state index >= 15 is 0 Å². The van der Waals surface area contributed by atoms with Crippen LogP contribution in [0.2, 0.25) is 0 Å². The third-order valence-corrected chi connectivity index (χ3v) is 7.14. The van der Waals surface area contributed by atoms with Crippen molar-refractivity contribution in [3.8, 4) is 0 Å². The van der Waals surface area contributed by atoms with Crippen molar-refractivity contribution in [1.29, 1.82) is 0 Å². The summed E-state index contributed by atoms with van der Waals surface area (Å²) in [6.45, 7) is 6.74. The lowest BCUT2D eigenvalue weighted by molar-refractivity contribution is -0.0922. The maximum atomic E-state index is 12.4. The molecule has 1 aliphatic heterocycles. The summed E-state index contributed by atoms with van der Waals surface area (Å²) in [6, 6.07) is 1.10. The van der Waals surface area contributed by atoms with E-state index in [-0.39, 0.29) is 5.56 Å². The summed E-state index contributed by atoms with van der Waals surface area (Å²) in [7, 11) is 1.80. The molecule has 4 atom stereocenters. The van der Waals surface area contributed by atoms with Gasteiger partial charge >= 0.3 is 0 Å². The molecular formula is C20H32N4O. The molecule has 5 nitrogen and oxygen atoms in total. The van der Waals surface area contributed by atoms with Crippen molar-refractivity contribution >= 4 is 5.82 Å². The van der Waals surface area contributed by atoms with Gasteiger partial charge in [-0.3, -0.25) is 4.79 Å². The number of fused-ring (bicyclic) bond motifs is 1. The molecule has 2 unspecified atom stereocenters. The normalized spacial score (nSPS) is 34.3. The Hall–Kier alpha value is -1.36. The number of rotatable bonds is 3. The highest BCUT2D eigenvalue weighted by Gasteiger charge is 2.56. The van der Waals surface area contributed by atoms with Gasteiger partial charge in [-0.05, 0) is 42.9 Å². The fourth-order valence-corrected chi connectivity index (χ4v) is 5.75. The van der Waals surface area contributed by atoms with Crippen molar-refractivity contribution in [2.75, 3.05) is 18.0 Å². The molecule has 1 N–H and O–H groups in total. The molecule has 2 heterocycles. The van der Waals surface area contributed by atoms with E-state index in [4.69, 9.17) is 0 Å². The van der Waals surface area contributed by atoms with E-state index in [0.29, 0.717) is 23.3 Å². The van der Waals surface area contributed by atoms with E-state index in [1.165, 1.54) is 32.1 Å². The van der Waals surface area contributed by atoms with Gasteiger partial charge in [-0.25, -0.2) is 4.98 Å². The van der Waals surface area contributed by atoms with Gasteiger partial charge in [-0.1, -0.05) is 26.7 Å². The highest BCUT2D eigenvalue weighted by Crippen LogP contribution is 2.57. The molecule has 0 amide bonds. The second-order valence-corrected chi connectivity index (χ2v) is 8.97. The van der Waals surface area contributed by atoms with Crippen molar-refractivity contribution in [3.63, 3.8) is 0 Å². The van der Waals surface area contributed by atoms with Crippen LogP contribution in [0.3, 0.4) is 0 Å². The topological polar surface area (TPSA) is 50.2 Å². The fourth-order valence-electron chi connectivity index (χ4n) is 5.75. The minimum atomic E-state index is 0.0134. The molecule has 5 heteroatoms. The molecular weight excluding hydrogens is 312 g/mol. The van der Waals surface area contributed by atoms with Gasteiger partial charge in [-0.2, -0.15) is 0 Å². The van der Waals surface area contributed by atoms with Crippen LogP contribution in [0.15, 0.2) is 17.2 Å². The second-order valence-electron chi connectivity index (χ2n) is 8.97. The van der Waals surface area contributed by atoms with Crippen molar-refractivity contribution in [3.05, 3.63) is 22.7 Å². The molecule has 0 spiro atoms. The number of anilines is 1. The summed E-state index contributed by atoms with van der Waals surface area (Å²) < 4.78 is 1.63. The molecule has 3 fully saturated rings. The molecule has 2 aliphatic carbocycles. The van der Waals surface area contributed by atoms with Crippen LogP contribution < -0.4 is 15.8 Å². The molecule has 1 aromatic heterocycles. The number of piperidine rings is 1. The van der Waals surface area contributed by atoms with E-state index in [0.717, 1.165) is 31.3 Å². The molecule has 4 rings (SSSR count). The van der Waals surface area contributed by atoms with Crippen LogP contribution in [0.25, 0.3) is 0 Å². The largest absolute Gasteiger partial charge is 0.350 e. The van der Waals surface area contributed by atoms with Crippen LogP contribution >= 0.6 is 0 Å². The predicted octanol–water partition coefficient (Wildman–Crippen LogP) is 2.55. The summed E-state index contributed by atoms with van der Waals surface area (Å²) in [5.74, 6) is 2.38. The molecule has 0 radical (unpaired) electrons. The van der Waals surface area contributed by atoms with Crippen LogP contribution in [0, 0.1) is 17.3 Å². The number of aryl methyl sites for hydroxylation is 1. The van der Waals surface area contributed by atoms with Crippen LogP contribution in [-0.2, 0) is 7.05 Å². The minimum Gasteiger partial charge on any atom is -0.350 e. The maximum Gasteiger partial charge on any atom is 0.293 e. The summed E-state index contributed by atoms with van der Waals surface area (Å²) in [6.07, 6.45) is 11.4. The Labute approximate surface area is 150 Å². The third kappa shape index (κ3) is 2.90. The highest BCUT2D eigenvalue weighted by atomic mass is 16.1. The van der Waals surface area contributed by atoms with Gasteiger partial charge < -0.3 is 14.8 Å². The smallest absolute Gasteiger partial charge is 0.293 e. The summed E-state index contributed by atoms with van der Waals surface area (Å²) in [5, 5.41) is 4.00. The fraction of sp³-hybridized carbons (Fsp3) is 0.800. The predicted molar refractivity (Wildman–Crippen MR) is 101 cm³/mol. The summed E-state index contributed by atoms with van der Waals surface area (Å²) in [5.41, 5.74) is 0.425. The Morgan fingerprint density at radius 3 is 2.84 bits per heavy atom. The first kappa shape index (κ1) is 17.1. The number of hydrogen-bond donors (Lipinski definition) is 1. The van der Waals surface area contributed by atoms with Crippen LogP contribution in [-0.4, -0.2) is 34.7 Å². The average Bonchev–Trinajstić information content (AvgIpc) is 2.62. The zero-order valence-electron chi connectivity index (χ0n) is 15.9. The number of aromatic nitrogens is 2. The van der Waals surface area contributed by atoms with E-state index in [9.17, 15) is 4.79 Å². The standard InChI is InChI=1S/C20H32N4O/c1-20(2)16-9-5-4-8-15(16)17(20)22-14-7-6-11-24(13-14)18-19(25)23(3)12-10-21-18/h10,12,14-17,22H,4-9,11,13H2,1-3H3/t14?,15-,16+,17?/m1/s1. The van der Waals surface area contributed by atoms with Gasteiger partial charge in [0, 0.05) is 44.6 Å². The van der Waals surface area contributed by atoms with E-state index in [2.05, 4.69) is 29.0 Å². The lowest BCUT2D eigenvalue weighted by Gasteiger charge is -2.62. The van der Waals surface area contributed by atoms with Crippen molar-refractivity contribution in [2.45, 2.75) is 64.5 Å². The number of nitrogens with one attached hydrogen (secondary N) is 1. The lowest BCUT2D eigenvalue weighted by Crippen LogP contribution is -2.67. The van der Waals surface area contributed by atoms with Gasteiger partial charge in [-0.15, -0.1) is 0 Å². The first-order valence-electron chi connectivity index (χ1n) is 10.0. The first-order chi connectivity index (χ1) is 12.0. The Kier molecular flexibility index (Phi) is 4.38. The van der Waals surface area contributed by atoms with Gasteiger partial charge in [0.05, 0.1) is 0 Å². The number of nitrogens with zero attached hydrogens (tertiary/aromatic N) is 3. The zero-order valence-corrected chi connectivity index (χ0v) is 15.9. The first-order valence-corrected chi connectivity index (χ1v) is 10.0. The molecule has 2 saturated carbocycles. The molecule has 1 aromatic rings. The van der Waals surface area contributed by atoms with E-state index in [1.54, 1.807) is 24.0 Å². The van der Waals surface area contributed by atoms with Gasteiger partial charge in [0.1, 0.15) is 0 Å². The highest BCUT2D eigenvalue weighted by molar-refractivity contribution is 5.36. The van der Waals surface area contributed by atoms with Gasteiger partial charge in [0.25, 0.3) is 5.56 Å². The second kappa shape index (κ2) is 6.42. The zero-order chi connectivity index (χ0) is 17.6. The summed E-state index contributed by atoms with van der Waals surface area (Å²) in [4.78, 5) is 19.0. The minimum absolute atomic E-state index is 0.0134. The number of hydrogen-bond acceptors (Lipinski definition) is 4.